The number of carbonyl (C=O) groups is 1. The molecule has 0 spiro atoms. The Bertz CT molecular complexity index is 1160. The van der Waals surface area contributed by atoms with Gasteiger partial charge in [0.2, 0.25) is 5.43 Å². The molecule has 1 unspecified atom stereocenters. The monoisotopic (exact) mass is 441 g/mol. The van der Waals surface area contributed by atoms with E-state index in [1.807, 2.05) is 18.2 Å². The zero-order chi connectivity index (χ0) is 23.2. The number of rotatable bonds is 7. The summed E-state index contributed by atoms with van der Waals surface area (Å²) in [5.74, 6) is -1.09. The van der Waals surface area contributed by atoms with Crippen LogP contribution in [0.2, 0.25) is 0 Å². The van der Waals surface area contributed by atoms with Crippen LogP contribution >= 0.6 is 0 Å². The van der Waals surface area contributed by atoms with Gasteiger partial charge in [-0.05, 0) is 30.5 Å². The van der Waals surface area contributed by atoms with Gasteiger partial charge in [-0.25, -0.2) is 4.79 Å². The minimum Gasteiger partial charge on any atom is -0.477 e. The van der Waals surface area contributed by atoms with Crippen molar-refractivity contribution in [1.82, 2.24) is 9.47 Å². The SMILES string of the molecule is N#Cc1cn(CC2CCCCN2CC(c2ccccc2)c2ccccc2)cc(C(=O)O)c1=O. The number of hydrogen-bond donors (Lipinski definition) is 1. The molecule has 0 saturated carbocycles. The number of carboxylic acid groups (broad SMARTS) is 1. The van der Waals surface area contributed by atoms with E-state index < -0.39 is 11.4 Å². The van der Waals surface area contributed by atoms with Gasteiger partial charge in [0.1, 0.15) is 17.2 Å². The Kier molecular flexibility index (Phi) is 7.01. The molecule has 2 heterocycles. The Morgan fingerprint density at radius 1 is 1.03 bits per heavy atom. The van der Waals surface area contributed by atoms with Gasteiger partial charge < -0.3 is 9.67 Å². The zero-order valence-corrected chi connectivity index (χ0v) is 18.4. The van der Waals surface area contributed by atoms with Crippen LogP contribution in [0.5, 0.6) is 0 Å². The van der Waals surface area contributed by atoms with Crippen molar-refractivity contribution >= 4 is 5.97 Å². The van der Waals surface area contributed by atoms with Gasteiger partial charge in [0, 0.05) is 37.4 Å². The largest absolute Gasteiger partial charge is 0.477 e. The third kappa shape index (κ3) is 5.21. The second kappa shape index (κ2) is 10.3. The lowest BCUT2D eigenvalue weighted by molar-refractivity contribution is 0.0693. The highest BCUT2D eigenvalue weighted by Gasteiger charge is 2.27. The van der Waals surface area contributed by atoms with E-state index in [4.69, 9.17) is 0 Å². The smallest absolute Gasteiger partial charge is 0.341 e. The van der Waals surface area contributed by atoms with Gasteiger partial charge in [0.05, 0.1) is 0 Å². The van der Waals surface area contributed by atoms with E-state index >= 15 is 0 Å². The van der Waals surface area contributed by atoms with Gasteiger partial charge in [-0.3, -0.25) is 9.69 Å². The molecule has 1 saturated heterocycles. The van der Waals surface area contributed by atoms with Gasteiger partial charge in [-0.15, -0.1) is 0 Å². The molecule has 168 valence electrons. The minimum atomic E-state index is -1.31. The van der Waals surface area contributed by atoms with Gasteiger partial charge >= 0.3 is 5.97 Å². The first-order valence-electron chi connectivity index (χ1n) is 11.3. The van der Waals surface area contributed by atoms with Crippen molar-refractivity contribution < 1.29 is 9.90 Å². The predicted molar refractivity (Wildman–Crippen MR) is 126 cm³/mol. The first-order valence-corrected chi connectivity index (χ1v) is 11.3. The number of likely N-dealkylation sites (tertiary alicyclic amines) is 1. The van der Waals surface area contributed by atoms with Gasteiger partial charge in [-0.1, -0.05) is 67.1 Å². The molecule has 6 heteroatoms. The average Bonchev–Trinajstić information content (AvgIpc) is 2.85. The summed E-state index contributed by atoms with van der Waals surface area (Å²) in [6, 6.07) is 23.0. The summed E-state index contributed by atoms with van der Waals surface area (Å²) < 4.78 is 1.70. The molecule has 1 N–H and O–H groups in total. The van der Waals surface area contributed by atoms with E-state index in [1.54, 1.807) is 4.57 Å². The Labute approximate surface area is 193 Å². The molecule has 1 aromatic heterocycles. The maximum atomic E-state index is 12.2. The Morgan fingerprint density at radius 2 is 1.67 bits per heavy atom. The van der Waals surface area contributed by atoms with Crippen molar-refractivity contribution in [2.24, 2.45) is 0 Å². The third-order valence-corrected chi connectivity index (χ3v) is 6.42. The van der Waals surface area contributed by atoms with Crippen molar-refractivity contribution in [3.8, 4) is 6.07 Å². The highest BCUT2D eigenvalue weighted by molar-refractivity contribution is 5.87. The standard InChI is InChI=1S/C27H27N3O3/c28-15-22-16-29(18-25(26(22)31)27(32)33)17-23-13-7-8-14-30(23)19-24(20-9-3-1-4-10-20)21-11-5-2-6-12-21/h1-6,9-12,16,18,23-24H,7-8,13-14,17,19H2,(H,32,33). The maximum Gasteiger partial charge on any atom is 0.341 e. The summed E-state index contributed by atoms with van der Waals surface area (Å²) >= 11 is 0. The number of aromatic nitrogens is 1. The first-order chi connectivity index (χ1) is 16.1. The molecule has 1 aliphatic rings. The number of pyridine rings is 1. The summed E-state index contributed by atoms with van der Waals surface area (Å²) in [6.45, 7) is 2.33. The summed E-state index contributed by atoms with van der Waals surface area (Å²) in [6.07, 6.45) is 6.03. The fraction of sp³-hybridized carbons (Fsp3) is 0.296. The normalized spacial score (nSPS) is 16.4. The van der Waals surface area contributed by atoms with Gasteiger partial charge in [0.15, 0.2) is 0 Å². The van der Waals surface area contributed by atoms with Crippen LogP contribution in [0.3, 0.4) is 0 Å². The molecule has 6 nitrogen and oxygen atoms in total. The van der Waals surface area contributed by atoms with Crippen LogP contribution in [-0.2, 0) is 6.54 Å². The topological polar surface area (TPSA) is 86.3 Å². The van der Waals surface area contributed by atoms with Crippen LogP contribution in [0, 0.1) is 11.3 Å². The summed E-state index contributed by atoms with van der Waals surface area (Å²) in [5.41, 5.74) is 1.30. The second-order valence-corrected chi connectivity index (χ2v) is 8.55. The lowest BCUT2D eigenvalue weighted by Crippen LogP contribution is -2.44. The summed E-state index contributed by atoms with van der Waals surface area (Å²) in [4.78, 5) is 26.2. The summed E-state index contributed by atoms with van der Waals surface area (Å²) in [7, 11) is 0. The van der Waals surface area contributed by atoms with Crippen LogP contribution in [0.25, 0.3) is 0 Å². The number of nitrogens with zero attached hydrogens (tertiary/aromatic N) is 3. The fourth-order valence-corrected chi connectivity index (χ4v) is 4.73. The second-order valence-electron chi connectivity index (χ2n) is 8.55. The van der Waals surface area contributed by atoms with Crippen molar-refractivity contribution in [2.45, 2.75) is 37.8 Å². The van der Waals surface area contributed by atoms with Crippen molar-refractivity contribution in [3.05, 3.63) is 106 Å². The molecule has 4 rings (SSSR count). The van der Waals surface area contributed by atoms with Gasteiger partial charge in [0.25, 0.3) is 0 Å². The molecule has 0 aliphatic carbocycles. The zero-order valence-electron chi connectivity index (χ0n) is 18.4. The predicted octanol–water partition coefficient (Wildman–Crippen LogP) is 4.10. The van der Waals surface area contributed by atoms with E-state index in [0.29, 0.717) is 6.54 Å². The highest BCUT2D eigenvalue weighted by atomic mass is 16.4. The van der Waals surface area contributed by atoms with Crippen molar-refractivity contribution in [1.29, 1.82) is 5.26 Å². The van der Waals surface area contributed by atoms with Crippen LogP contribution in [0.15, 0.2) is 77.9 Å². The van der Waals surface area contributed by atoms with Crippen LogP contribution in [-0.4, -0.2) is 39.7 Å². The first kappa shape index (κ1) is 22.5. The van der Waals surface area contributed by atoms with E-state index in [0.717, 1.165) is 32.4 Å². The molecular formula is C27H27N3O3. The van der Waals surface area contributed by atoms with Gasteiger partial charge in [-0.2, -0.15) is 5.26 Å². The lowest BCUT2D eigenvalue weighted by atomic mass is 9.89. The van der Waals surface area contributed by atoms with E-state index in [2.05, 4.69) is 53.4 Å². The van der Waals surface area contributed by atoms with E-state index in [9.17, 15) is 20.0 Å². The van der Waals surface area contributed by atoms with Crippen LogP contribution < -0.4 is 5.43 Å². The molecule has 0 radical (unpaired) electrons. The van der Waals surface area contributed by atoms with Crippen LogP contribution in [0.1, 0.15) is 52.2 Å². The Balaban J connectivity index is 1.62. The molecule has 0 amide bonds. The number of hydrogen-bond acceptors (Lipinski definition) is 4. The molecule has 1 fully saturated rings. The highest BCUT2D eigenvalue weighted by Crippen LogP contribution is 2.29. The molecule has 1 aliphatic heterocycles. The number of aromatic carboxylic acids is 1. The molecular weight excluding hydrogens is 414 g/mol. The summed E-state index contributed by atoms with van der Waals surface area (Å²) in [5, 5.41) is 18.7. The molecule has 1 atom stereocenters. The number of piperidine rings is 1. The number of benzene rings is 2. The maximum absolute atomic E-state index is 12.2. The minimum absolute atomic E-state index is 0.135. The van der Waals surface area contributed by atoms with Crippen molar-refractivity contribution in [2.75, 3.05) is 13.1 Å². The molecule has 3 aromatic rings. The van der Waals surface area contributed by atoms with E-state index in [-0.39, 0.29) is 23.1 Å². The number of carboxylic acids is 1. The van der Waals surface area contributed by atoms with Crippen molar-refractivity contribution in [3.63, 3.8) is 0 Å². The quantitative estimate of drug-likeness (QED) is 0.596. The fourth-order valence-electron chi connectivity index (χ4n) is 4.73. The Hall–Kier alpha value is -3.69. The third-order valence-electron chi connectivity index (χ3n) is 6.42. The van der Waals surface area contributed by atoms with Crippen LogP contribution in [0.4, 0.5) is 0 Å². The average molecular weight is 442 g/mol. The molecule has 0 bridgehead atoms. The number of nitriles is 1. The lowest BCUT2D eigenvalue weighted by Gasteiger charge is -2.38. The Morgan fingerprint density at radius 3 is 2.24 bits per heavy atom. The molecule has 2 aromatic carbocycles. The van der Waals surface area contributed by atoms with E-state index in [1.165, 1.54) is 23.5 Å². The molecule has 33 heavy (non-hydrogen) atoms.